The first-order chi connectivity index (χ1) is 18.0. The Morgan fingerprint density at radius 2 is 1.59 bits per heavy atom. The van der Waals surface area contributed by atoms with Gasteiger partial charge in [-0.25, -0.2) is 13.2 Å². The van der Waals surface area contributed by atoms with Gasteiger partial charge in [0.2, 0.25) is 6.20 Å². The number of nitrogens with zero attached hydrogens (tertiary/aromatic N) is 2. The third-order valence-electron chi connectivity index (χ3n) is 7.18. The molecule has 0 amide bonds. The number of piperidine rings is 1. The van der Waals surface area contributed by atoms with Gasteiger partial charge in [-0.15, -0.1) is 0 Å². The largest absolute Gasteiger partial charge is 0.498 e. The van der Waals surface area contributed by atoms with Gasteiger partial charge in [-0.3, -0.25) is 0 Å². The van der Waals surface area contributed by atoms with Gasteiger partial charge in [0, 0.05) is 30.0 Å². The molecule has 39 heavy (non-hydrogen) atoms. The van der Waals surface area contributed by atoms with Gasteiger partial charge in [0.1, 0.15) is 0 Å². The van der Waals surface area contributed by atoms with Gasteiger partial charge in [0.05, 0.1) is 26.3 Å². The Hall–Kier alpha value is -3.35. The van der Waals surface area contributed by atoms with Crippen molar-refractivity contribution in [2.45, 2.75) is 48.7 Å². The van der Waals surface area contributed by atoms with E-state index in [0.717, 1.165) is 16.9 Å². The number of carbonyl (C=O) groups is 1. The van der Waals surface area contributed by atoms with E-state index in [1.165, 1.54) is 38.2 Å². The molecule has 13 heteroatoms. The second-order valence-corrected chi connectivity index (χ2v) is 12.3. The lowest BCUT2D eigenvalue weighted by atomic mass is 9.85. The molecule has 0 unspecified atom stereocenters. The molecule has 2 heterocycles. The number of hydrogen-bond donors (Lipinski definition) is 0. The van der Waals surface area contributed by atoms with Crippen LogP contribution in [0.5, 0.6) is 0 Å². The number of alkyl halides is 6. The van der Waals surface area contributed by atoms with E-state index in [4.69, 9.17) is 0 Å². The molecule has 0 saturated carbocycles. The summed E-state index contributed by atoms with van der Waals surface area (Å²) in [6, 6.07) is 11.7. The van der Waals surface area contributed by atoms with Crippen LogP contribution in [0, 0.1) is 5.92 Å². The number of halogens is 6. The maximum Gasteiger partial charge on any atom is 0.498 e. The van der Waals surface area contributed by atoms with Crippen LogP contribution >= 0.6 is 0 Å². The lowest BCUT2D eigenvalue weighted by molar-refractivity contribution is -0.850. The van der Waals surface area contributed by atoms with Crippen LogP contribution in [0.4, 0.5) is 32.0 Å². The van der Waals surface area contributed by atoms with E-state index in [1.807, 2.05) is 4.90 Å². The highest BCUT2D eigenvalue weighted by atomic mass is 32.2. The predicted octanol–water partition coefficient (Wildman–Crippen LogP) is 5.13. The highest BCUT2D eigenvalue weighted by Gasteiger charge is 2.46. The van der Waals surface area contributed by atoms with Crippen LogP contribution in [0.15, 0.2) is 65.7 Å². The third-order valence-corrected chi connectivity index (χ3v) is 9.77. The summed E-state index contributed by atoms with van der Waals surface area (Å²) in [5.41, 5.74) is -0.160. The molecule has 1 fully saturated rings. The van der Waals surface area contributed by atoms with Crippen LogP contribution < -0.4 is 14.5 Å². The van der Waals surface area contributed by atoms with Gasteiger partial charge in [0.25, 0.3) is 5.52 Å². The summed E-state index contributed by atoms with van der Waals surface area (Å²) in [6.45, 7) is 3.81. The molecule has 0 N–H and O–H groups in total. The molecular weight excluding hydrogens is 550 g/mol. The van der Waals surface area contributed by atoms with Crippen LogP contribution in [0.3, 0.4) is 0 Å². The molecule has 1 aliphatic rings. The Bertz CT molecular complexity index is 1490. The standard InChI is InChI=1S/C26H25F6N2O4S/c1-24(2,39(36,37)19-7-3-6-18(16-19)25(27,28)29)17-11-14-33(15-12-17)21-9-4-10-22-20(21)8-5-13-34(22)38-23(35)26(30,31)32/h3-10,13,16-17H,11-12,14-15H2,1-2H3/q+1. The Balaban J connectivity index is 1.56. The summed E-state index contributed by atoms with van der Waals surface area (Å²) in [5, 5.41) is 0.518. The van der Waals surface area contributed by atoms with E-state index in [-0.39, 0.29) is 11.4 Å². The van der Waals surface area contributed by atoms with Crippen LogP contribution in [0.1, 0.15) is 32.3 Å². The Morgan fingerprint density at radius 3 is 2.21 bits per heavy atom. The first kappa shape index (κ1) is 28.7. The van der Waals surface area contributed by atoms with Crippen LogP contribution in [0.2, 0.25) is 0 Å². The molecule has 4 rings (SSSR count). The lowest BCUT2D eigenvalue weighted by Crippen LogP contribution is -2.50. The summed E-state index contributed by atoms with van der Waals surface area (Å²) >= 11 is 0. The first-order valence-corrected chi connectivity index (χ1v) is 13.4. The maximum atomic E-state index is 13.4. The zero-order chi connectivity index (χ0) is 28.8. The minimum absolute atomic E-state index is 0.224. The number of benzene rings is 2. The van der Waals surface area contributed by atoms with Crippen molar-refractivity contribution >= 4 is 32.4 Å². The van der Waals surface area contributed by atoms with Gasteiger partial charge in [-0.1, -0.05) is 12.1 Å². The van der Waals surface area contributed by atoms with E-state index in [2.05, 4.69) is 4.84 Å². The molecule has 1 aliphatic heterocycles. The summed E-state index contributed by atoms with van der Waals surface area (Å²) in [7, 11) is -4.13. The van der Waals surface area contributed by atoms with E-state index in [1.54, 1.807) is 18.2 Å². The van der Waals surface area contributed by atoms with Crippen molar-refractivity contribution in [3.63, 3.8) is 0 Å². The molecule has 0 aliphatic carbocycles. The molecule has 0 radical (unpaired) electrons. The number of sulfone groups is 1. The van der Waals surface area contributed by atoms with Crippen molar-refractivity contribution in [3.05, 3.63) is 66.4 Å². The highest BCUT2D eigenvalue weighted by Crippen LogP contribution is 2.40. The van der Waals surface area contributed by atoms with Crippen LogP contribution in [-0.2, 0) is 20.8 Å². The van der Waals surface area contributed by atoms with Crippen molar-refractivity contribution in [2.24, 2.45) is 5.92 Å². The first-order valence-electron chi connectivity index (χ1n) is 11.9. The Kier molecular flexibility index (Phi) is 7.34. The normalized spacial score (nSPS) is 15.9. The minimum atomic E-state index is -5.17. The zero-order valence-electron chi connectivity index (χ0n) is 20.9. The van der Waals surface area contributed by atoms with E-state index >= 15 is 0 Å². The van der Waals surface area contributed by atoms with Gasteiger partial charge in [0.15, 0.2) is 9.84 Å². The zero-order valence-corrected chi connectivity index (χ0v) is 21.7. The number of carbonyl (C=O) groups excluding carboxylic acids is 1. The molecule has 1 saturated heterocycles. The minimum Gasteiger partial charge on any atom is -0.371 e. The fraction of sp³-hybridized carbons (Fsp3) is 0.385. The van der Waals surface area contributed by atoms with Gasteiger partial charge in [-0.2, -0.15) is 31.2 Å². The summed E-state index contributed by atoms with van der Waals surface area (Å²) in [6.07, 6.45) is -7.86. The van der Waals surface area contributed by atoms with Crippen molar-refractivity contribution in [1.82, 2.24) is 0 Å². The number of pyridine rings is 1. The molecular formula is C26H25F6N2O4S+. The van der Waals surface area contributed by atoms with Crippen molar-refractivity contribution in [2.75, 3.05) is 18.0 Å². The third kappa shape index (κ3) is 5.54. The number of rotatable bonds is 5. The second kappa shape index (κ2) is 10.00. The molecule has 3 aromatic rings. The monoisotopic (exact) mass is 575 g/mol. The van der Waals surface area contributed by atoms with Crippen LogP contribution in [-0.4, -0.2) is 38.4 Å². The van der Waals surface area contributed by atoms with Gasteiger partial charge < -0.3 is 4.90 Å². The summed E-state index contributed by atoms with van der Waals surface area (Å²) < 4.78 is 104. The average Bonchev–Trinajstić information content (AvgIpc) is 2.87. The van der Waals surface area contributed by atoms with Crippen molar-refractivity contribution in [3.8, 4) is 0 Å². The molecule has 0 spiro atoms. The Morgan fingerprint density at radius 1 is 0.949 bits per heavy atom. The fourth-order valence-electron chi connectivity index (χ4n) is 4.88. The van der Waals surface area contributed by atoms with Crippen molar-refractivity contribution < 1.29 is 49.1 Å². The average molecular weight is 576 g/mol. The SMILES string of the molecule is CC(C)(C1CCN(c2cccc3c2ccc[n+]3OC(=O)C(F)(F)F)CC1)S(=O)(=O)c1cccc(C(F)(F)F)c1. The maximum absolute atomic E-state index is 13.4. The molecule has 2 aromatic carbocycles. The van der Waals surface area contributed by atoms with Crippen molar-refractivity contribution in [1.29, 1.82) is 0 Å². The van der Waals surface area contributed by atoms with E-state index < -0.39 is 43.4 Å². The Labute approximate surface area is 220 Å². The quantitative estimate of drug-likeness (QED) is 0.312. The molecule has 0 bridgehead atoms. The number of anilines is 1. The number of aromatic nitrogens is 1. The van der Waals surface area contributed by atoms with Crippen LogP contribution in [0.25, 0.3) is 10.9 Å². The highest BCUT2D eigenvalue weighted by molar-refractivity contribution is 7.92. The second-order valence-electron chi connectivity index (χ2n) is 9.81. The van der Waals surface area contributed by atoms with E-state index in [0.29, 0.717) is 43.1 Å². The summed E-state index contributed by atoms with van der Waals surface area (Å²) in [5.74, 6) is -2.74. The lowest BCUT2D eigenvalue weighted by Gasteiger charge is -2.41. The van der Waals surface area contributed by atoms with E-state index in [9.17, 15) is 39.6 Å². The predicted molar refractivity (Wildman–Crippen MR) is 129 cm³/mol. The van der Waals surface area contributed by atoms with Gasteiger partial charge in [-0.05, 0) is 62.9 Å². The molecule has 0 atom stereocenters. The summed E-state index contributed by atoms with van der Waals surface area (Å²) in [4.78, 5) is 17.4. The molecule has 6 nitrogen and oxygen atoms in total. The smallest absolute Gasteiger partial charge is 0.371 e. The topological polar surface area (TPSA) is 67.6 Å². The number of fused-ring (bicyclic) bond motifs is 1. The molecule has 1 aromatic heterocycles. The van der Waals surface area contributed by atoms with Gasteiger partial charge >= 0.3 is 18.3 Å². The number of hydrogen-bond acceptors (Lipinski definition) is 5. The molecule has 210 valence electrons. The fourth-order valence-corrected chi connectivity index (χ4v) is 6.70.